The fraction of sp³-hybridized carbons (Fsp3) is 0.350. The fourth-order valence-corrected chi connectivity index (χ4v) is 3.84. The van der Waals surface area contributed by atoms with Gasteiger partial charge in [-0.1, -0.05) is 6.07 Å². The number of aliphatic hydroxyl groups is 1. The molecule has 2 bridgehead atoms. The lowest BCUT2D eigenvalue weighted by Gasteiger charge is -2.35. The van der Waals surface area contributed by atoms with Crippen molar-refractivity contribution in [1.29, 1.82) is 0 Å². The molecule has 0 aliphatic carbocycles. The molecular weight excluding hydrogens is 384 g/mol. The summed E-state index contributed by atoms with van der Waals surface area (Å²) in [5.74, 6) is -2.59. The molecule has 0 saturated carbocycles. The normalized spacial score (nSPS) is 20.8. The Morgan fingerprint density at radius 2 is 2.03 bits per heavy atom. The van der Waals surface area contributed by atoms with Crippen molar-refractivity contribution >= 4 is 11.8 Å². The van der Waals surface area contributed by atoms with E-state index in [9.17, 15) is 28.3 Å². The molecule has 2 amide bonds. The van der Waals surface area contributed by atoms with Crippen LogP contribution in [0, 0.1) is 11.6 Å². The summed E-state index contributed by atoms with van der Waals surface area (Å²) in [5.41, 5.74) is -0.652. The van der Waals surface area contributed by atoms with Crippen LogP contribution in [0.5, 0.6) is 0 Å². The molecule has 0 radical (unpaired) electrons. The number of pyridine rings is 1. The third-order valence-electron chi connectivity index (χ3n) is 5.42. The summed E-state index contributed by atoms with van der Waals surface area (Å²) >= 11 is 0. The van der Waals surface area contributed by atoms with Crippen molar-refractivity contribution in [1.82, 2.24) is 14.8 Å². The fourth-order valence-electron chi connectivity index (χ4n) is 3.84. The first kappa shape index (κ1) is 19.3. The van der Waals surface area contributed by atoms with Crippen LogP contribution in [0.3, 0.4) is 0 Å². The van der Waals surface area contributed by atoms with Crippen molar-refractivity contribution in [2.24, 2.45) is 0 Å². The zero-order valence-corrected chi connectivity index (χ0v) is 15.4. The van der Waals surface area contributed by atoms with Gasteiger partial charge in [0.25, 0.3) is 11.8 Å². The van der Waals surface area contributed by atoms with Crippen molar-refractivity contribution in [3.05, 3.63) is 69.1 Å². The lowest BCUT2D eigenvalue weighted by Crippen LogP contribution is -2.46. The van der Waals surface area contributed by atoms with Crippen molar-refractivity contribution in [3.8, 4) is 0 Å². The van der Waals surface area contributed by atoms with E-state index in [2.05, 4.69) is 5.32 Å². The molecule has 2 N–H and O–H groups in total. The predicted molar refractivity (Wildman–Crippen MR) is 98.4 cm³/mol. The maximum absolute atomic E-state index is 13.7. The van der Waals surface area contributed by atoms with E-state index in [1.807, 2.05) is 0 Å². The van der Waals surface area contributed by atoms with E-state index in [-0.39, 0.29) is 29.3 Å². The first-order chi connectivity index (χ1) is 13.8. The van der Waals surface area contributed by atoms with Crippen LogP contribution < -0.4 is 10.7 Å². The molecule has 2 atom stereocenters. The molecule has 2 aromatic rings. The molecular formula is C20H19F2N3O4. The number of aliphatic hydroxyl groups excluding tert-OH is 1. The highest BCUT2D eigenvalue weighted by atomic mass is 19.1. The summed E-state index contributed by atoms with van der Waals surface area (Å²) in [6, 6.07) is 3.64. The lowest BCUT2D eigenvalue weighted by molar-refractivity contribution is 0.0565. The summed E-state index contributed by atoms with van der Waals surface area (Å²) in [4.78, 5) is 39.2. The molecule has 1 aromatic carbocycles. The highest BCUT2D eigenvalue weighted by molar-refractivity contribution is 5.97. The number of aromatic nitrogens is 1. The monoisotopic (exact) mass is 403 g/mol. The van der Waals surface area contributed by atoms with E-state index in [1.165, 1.54) is 16.8 Å². The number of amides is 2. The molecule has 2 unspecified atom stereocenters. The minimum absolute atomic E-state index is 0.0721. The summed E-state index contributed by atoms with van der Waals surface area (Å²) in [6.45, 7) is 0.578. The van der Waals surface area contributed by atoms with E-state index in [0.29, 0.717) is 32.0 Å². The van der Waals surface area contributed by atoms with Crippen LogP contribution in [0.25, 0.3) is 0 Å². The Kier molecular flexibility index (Phi) is 4.91. The topological polar surface area (TPSA) is 91.6 Å². The Bertz CT molecular complexity index is 1050. The second-order valence-corrected chi connectivity index (χ2v) is 7.29. The highest BCUT2D eigenvalue weighted by Gasteiger charge is 2.37. The number of halogens is 2. The number of carbonyl (C=O) groups is 2. The van der Waals surface area contributed by atoms with Gasteiger partial charge < -0.3 is 19.9 Å². The van der Waals surface area contributed by atoms with Gasteiger partial charge in [0.15, 0.2) is 5.43 Å². The van der Waals surface area contributed by atoms with Crippen LogP contribution in [-0.2, 0) is 6.54 Å². The molecule has 0 spiro atoms. The lowest BCUT2D eigenvalue weighted by atomic mass is 10.0. The standard InChI is InChI=1S/C20H19F2N3O4/c21-12-4-3-11(14(22)6-12)8-23-19(28)13-9-25-15(7-18(13)27)20(29)24-5-1-2-17(26)16(25)10-24/h3-4,6-7,9,16-17,26H,1-2,5,8,10H2,(H,23,28). The molecule has 9 heteroatoms. The van der Waals surface area contributed by atoms with Crippen LogP contribution in [0.1, 0.15) is 45.3 Å². The van der Waals surface area contributed by atoms with Crippen molar-refractivity contribution in [2.75, 3.05) is 13.1 Å². The average molecular weight is 403 g/mol. The van der Waals surface area contributed by atoms with E-state index in [4.69, 9.17) is 0 Å². The number of nitrogens with one attached hydrogen (secondary N) is 1. The highest BCUT2D eigenvalue weighted by Crippen LogP contribution is 2.28. The van der Waals surface area contributed by atoms with Crippen molar-refractivity contribution in [2.45, 2.75) is 31.5 Å². The zero-order chi connectivity index (χ0) is 20.7. The summed E-state index contributed by atoms with van der Waals surface area (Å²) in [7, 11) is 0. The molecule has 2 aliphatic rings. The van der Waals surface area contributed by atoms with Gasteiger partial charge in [-0.2, -0.15) is 0 Å². The van der Waals surface area contributed by atoms with Gasteiger partial charge in [0.2, 0.25) is 0 Å². The van der Waals surface area contributed by atoms with Gasteiger partial charge >= 0.3 is 0 Å². The number of fused-ring (bicyclic) bond motifs is 4. The minimum atomic E-state index is -0.806. The molecule has 3 heterocycles. The third-order valence-corrected chi connectivity index (χ3v) is 5.42. The number of carbonyl (C=O) groups excluding carboxylic acids is 2. The number of hydrogen-bond acceptors (Lipinski definition) is 4. The van der Waals surface area contributed by atoms with Crippen molar-refractivity contribution < 1.29 is 23.5 Å². The first-order valence-electron chi connectivity index (χ1n) is 9.31. The summed E-state index contributed by atoms with van der Waals surface area (Å²) in [6.07, 6.45) is 1.73. The van der Waals surface area contributed by atoms with Gasteiger partial charge in [-0.3, -0.25) is 14.4 Å². The number of rotatable bonds is 3. The van der Waals surface area contributed by atoms with Gasteiger partial charge in [-0.05, 0) is 18.9 Å². The predicted octanol–water partition coefficient (Wildman–Crippen LogP) is 1.21. The van der Waals surface area contributed by atoms with Crippen LogP contribution in [0.4, 0.5) is 8.78 Å². The van der Waals surface area contributed by atoms with Crippen LogP contribution in [0.15, 0.2) is 35.3 Å². The maximum Gasteiger partial charge on any atom is 0.270 e. The molecule has 1 fully saturated rings. The molecule has 2 aliphatic heterocycles. The maximum atomic E-state index is 13.7. The van der Waals surface area contributed by atoms with Gasteiger partial charge in [-0.15, -0.1) is 0 Å². The Morgan fingerprint density at radius 1 is 1.24 bits per heavy atom. The first-order valence-corrected chi connectivity index (χ1v) is 9.31. The smallest absolute Gasteiger partial charge is 0.270 e. The van der Waals surface area contributed by atoms with E-state index in [0.717, 1.165) is 12.1 Å². The molecule has 152 valence electrons. The second-order valence-electron chi connectivity index (χ2n) is 7.29. The Hall–Kier alpha value is -3.07. The Balaban J connectivity index is 1.63. The van der Waals surface area contributed by atoms with E-state index >= 15 is 0 Å². The number of benzene rings is 1. The largest absolute Gasteiger partial charge is 0.391 e. The second kappa shape index (κ2) is 7.40. The van der Waals surface area contributed by atoms with E-state index in [1.54, 1.807) is 4.90 Å². The van der Waals surface area contributed by atoms with Crippen LogP contribution in [-0.4, -0.2) is 45.6 Å². The summed E-state index contributed by atoms with van der Waals surface area (Å²) < 4.78 is 28.2. The third kappa shape index (κ3) is 3.53. The molecule has 4 rings (SSSR count). The van der Waals surface area contributed by atoms with Gasteiger partial charge in [0, 0.05) is 43.5 Å². The van der Waals surface area contributed by atoms with Gasteiger partial charge in [-0.25, -0.2) is 8.78 Å². The molecule has 29 heavy (non-hydrogen) atoms. The van der Waals surface area contributed by atoms with Crippen LogP contribution >= 0.6 is 0 Å². The SMILES string of the molecule is O=C(NCc1ccc(F)cc1F)c1cn2c(cc1=O)C(=O)N1CCCC(O)C2C1. The zero-order valence-electron chi connectivity index (χ0n) is 15.4. The Labute approximate surface area is 164 Å². The van der Waals surface area contributed by atoms with E-state index < -0.39 is 35.1 Å². The quantitative estimate of drug-likeness (QED) is 0.806. The van der Waals surface area contributed by atoms with Crippen molar-refractivity contribution in [3.63, 3.8) is 0 Å². The molecule has 7 nitrogen and oxygen atoms in total. The number of hydrogen-bond donors (Lipinski definition) is 2. The van der Waals surface area contributed by atoms with Gasteiger partial charge in [0.05, 0.1) is 12.1 Å². The Morgan fingerprint density at radius 3 is 2.79 bits per heavy atom. The van der Waals surface area contributed by atoms with Crippen LogP contribution in [0.2, 0.25) is 0 Å². The minimum Gasteiger partial charge on any atom is -0.391 e. The summed E-state index contributed by atoms with van der Waals surface area (Å²) in [5, 5.41) is 12.9. The van der Waals surface area contributed by atoms with Gasteiger partial charge in [0.1, 0.15) is 22.9 Å². The molecule has 1 saturated heterocycles. The average Bonchev–Trinajstić information content (AvgIpc) is 2.85. The molecule has 1 aromatic heterocycles. The number of nitrogens with zero attached hydrogens (tertiary/aromatic N) is 2.